The Morgan fingerprint density at radius 2 is 2.12 bits per heavy atom. The monoisotopic (exact) mass is 359 g/mol. The van der Waals surface area contributed by atoms with Gasteiger partial charge in [-0.2, -0.15) is 0 Å². The number of benzene rings is 1. The first kappa shape index (κ1) is 16.2. The summed E-state index contributed by atoms with van der Waals surface area (Å²) < 4.78 is 0. The molecule has 1 atom stereocenters. The zero-order valence-electron chi connectivity index (χ0n) is 12.3. The number of hydrogen-bond donors (Lipinski definition) is 3. The number of carbonyl (C=O) groups is 1. The molecule has 2 heterocycles. The molecule has 0 unspecified atom stereocenters. The number of thioether (sulfide) groups is 1. The van der Waals surface area contributed by atoms with E-state index in [-0.39, 0.29) is 22.4 Å². The maximum atomic E-state index is 12.7. The fraction of sp³-hybridized carbons (Fsp3) is 0.0667. The van der Waals surface area contributed by atoms with Crippen molar-refractivity contribution in [2.24, 2.45) is 0 Å². The smallest absolute Gasteiger partial charge is 0.253 e. The van der Waals surface area contributed by atoms with Gasteiger partial charge in [0.25, 0.3) is 5.56 Å². The normalized spacial score (nSPS) is 11.8. The van der Waals surface area contributed by atoms with Crippen molar-refractivity contribution in [1.29, 1.82) is 0 Å². The lowest BCUT2D eigenvalue weighted by atomic mass is 10.1. The van der Waals surface area contributed by atoms with Gasteiger partial charge in [-0.1, -0.05) is 42.1 Å². The van der Waals surface area contributed by atoms with Crippen LogP contribution in [0.15, 0.2) is 57.9 Å². The highest BCUT2D eigenvalue weighted by molar-refractivity contribution is 8.00. The number of rotatable bonds is 5. The number of carbonyl (C=O) groups excluding carboxylic acids is 1. The molecule has 7 nitrogen and oxygen atoms in total. The van der Waals surface area contributed by atoms with Crippen LogP contribution in [-0.2, 0) is 4.79 Å². The summed E-state index contributed by atoms with van der Waals surface area (Å²) in [6.07, 6.45) is 1.61. The largest absolute Gasteiger partial charge is 0.383 e. The SMILES string of the molecule is Nc1cc(=O)[nH]c(S[C@H](C(=O)Nc2nccs2)c2ccccc2)n1. The van der Waals surface area contributed by atoms with E-state index in [2.05, 4.69) is 20.3 Å². The molecule has 2 aromatic heterocycles. The third kappa shape index (κ3) is 4.00. The Morgan fingerprint density at radius 3 is 2.79 bits per heavy atom. The van der Waals surface area contributed by atoms with Crippen molar-refractivity contribution >= 4 is 40.0 Å². The predicted octanol–water partition coefficient (Wildman–Crippen LogP) is 2.28. The molecule has 24 heavy (non-hydrogen) atoms. The highest BCUT2D eigenvalue weighted by Gasteiger charge is 2.24. The van der Waals surface area contributed by atoms with Crippen LogP contribution in [0, 0.1) is 0 Å². The molecule has 0 saturated carbocycles. The van der Waals surface area contributed by atoms with Crippen molar-refractivity contribution in [3.8, 4) is 0 Å². The van der Waals surface area contributed by atoms with Crippen molar-refractivity contribution in [3.05, 3.63) is 63.9 Å². The Morgan fingerprint density at radius 1 is 1.33 bits per heavy atom. The Bertz CT molecular complexity index is 880. The standard InChI is InChI=1S/C15H13N5O2S2/c16-10-8-11(21)19-15(18-10)24-12(9-4-2-1-3-5-9)13(22)20-14-17-6-7-23-14/h1-8,12H,(H,17,20,22)(H3,16,18,19,21)/t12-/m0/s1. The second-order valence-electron chi connectivity index (χ2n) is 4.71. The number of nitrogens with one attached hydrogen (secondary N) is 2. The molecule has 0 aliphatic carbocycles. The van der Waals surface area contributed by atoms with E-state index in [0.29, 0.717) is 5.13 Å². The molecule has 4 N–H and O–H groups in total. The van der Waals surface area contributed by atoms with E-state index >= 15 is 0 Å². The summed E-state index contributed by atoms with van der Waals surface area (Å²) in [7, 11) is 0. The Labute approximate surface area is 145 Å². The number of nitrogens with zero attached hydrogens (tertiary/aromatic N) is 2. The van der Waals surface area contributed by atoms with E-state index in [1.807, 2.05) is 30.3 Å². The molecule has 1 aromatic carbocycles. The minimum atomic E-state index is -0.611. The van der Waals surface area contributed by atoms with Crippen molar-refractivity contribution in [1.82, 2.24) is 15.0 Å². The van der Waals surface area contributed by atoms with Crippen LogP contribution in [0.2, 0.25) is 0 Å². The van der Waals surface area contributed by atoms with Crippen LogP contribution in [0.5, 0.6) is 0 Å². The van der Waals surface area contributed by atoms with Gasteiger partial charge in [-0.05, 0) is 5.56 Å². The van der Waals surface area contributed by atoms with E-state index in [0.717, 1.165) is 17.3 Å². The first-order chi connectivity index (χ1) is 11.6. The number of nitrogen functional groups attached to an aromatic ring is 1. The van der Waals surface area contributed by atoms with Gasteiger partial charge in [-0.15, -0.1) is 11.3 Å². The van der Waals surface area contributed by atoms with Crippen molar-refractivity contribution in [2.75, 3.05) is 11.1 Å². The summed E-state index contributed by atoms with van der Waals surface area (Å²) in [6.45, 7) is 0. The maximum Gasteiger partial charge on any atom is 0.253 e. The van der Waals surface area contributed by atoms with Crippen LogP contribution >= 0.6 is 23.1 Å². The van der Waals surface area contributed by atoms with Crippen LogP contribution in [0.25, 0.3) is 0 Å². The molecular formula is C15H13N5O2S2. The van der Waals surface area contributed by atoms with Gasteiger partial charge in [0, 0.05) is 17.6 Å². The summed E-state index contributed by atoms with van der Waals surface area (Å²) >= 11 is 2.45. The Kier molecular flexibility index (Phi) is 4.92. The number of aromatic nitrogens is 3. The molecule has 0 aliphatic heterocycles. The number of anilines is 2. The van der Waals surface area contributed by atoms with E-state index in [1.54, 1.807) is 11.6 Å². The molecule has 0 spiro atoms. The van der Waals surface area contributed by atoms with Gasteiger partial charge in [0.15, 0.2) is 10.3 Å². The fourth-order valence-corrected chi connectivity index (χ4v) is 3.51. The summed E-state index contributed by atoms with van der Waals surface area (Å²) in [6, 6.07) is 10.4. The number of amides is 1. The highest BCUT2D eigenvalue weighted by Crippen LogP contribution is 2.34. The lowest BCUT2D eigenvalue weighted by Crippen LogP contribution is -2.20. The average molecular weight is 359 g/mol. The molecule has 9 heteroatoms. The predicted molar refractivity (Wildman–Crippen MR) is 95.1 cm³/mol. The summed E-state index contributed by atoms with van der Waals surface area (Å²) in [4.78, 5) is 34.9. The third-order valence-electron chi connectivity index (χ3n) is 2.97. The lowest BCUT2D eigenvalue weighted by molar-refractivity contribution is -0.115. The number of thiazole rings is 1. The van der Waals surface area contributed by atoms with Crippen molar-refractivity contribution in [3.63, 3.8) is 0 Å². The Balaban J connectivity index is 1.90. The molecule has 3 rings (SSSR count). The number of aromatic amines is 1. The van der Waals surface area contributed by atoms with Crippen LogP contribution < -0.4 is 16.6 Å². The van der Waals surface area contributed by atoms with Crippen molar-refractivity contribution < 1.29 is 4.79 Å². The maximum absolute atomic E-state index is 12.7. The number of hydrogen-bond acceptors (Lipinski definition) is 7. The highest BCUT2D eigenvalue weighted by atomic mass is 32.2. The molecule has 3 aromatic rings. The van der Waals surface area contributed by atoms with Crippen LogP contribution in [-0.4, -0.2) is 20.9 Å². The summed E-state index contributed by atoms with van der Waals surface area (Å²) in [5.41, 5.74) is 6.02. The third-order valence-corrected chi connectivity index (χ3v) is 4.80. The quantitative estimate of drug-likeness (QED) is 0.476. The van der Waals surface area contributed by atoms with Gasteiger partial charge >= 0.3 is 0 Å². The van der Waals surface area contributed by atoms with Crippen LogP contribution in [0.1, 0.15) is 10.8 Å². The molecule has 0 fully saturated rings. The van der Waals surface area contributed by atoms with Crippen LogP contribution in [0.3, 0.4) is 0 Å². The topological polar surface area (TPSA) is 114 Å². The van der Waals surface area contributed by atoms with Gasteiger partial charge in [0.2, 0.25) is 5.91 Å². The first-order valence-electron chi connectivity index (χ1n) is 6.90. The molecule has 0 aliphatic rings. The molecule has 1 amide bonds. The number of H-pyrrole nitrogens is 1. The van der Waals surface area contributed by atoms with Gasteiger partial charge in [-0.3, -0.25) is 9.59 Å². The van der Waals surface area contributed by atoms with Gasteiger partial charge < -0.3 is 16.0 Å². The van der Waals surface area contributed by atoms with E-state index in [4.69, 9.17) is 5.73 Å². The summed E-state index contributed by atoms with van der Waals surface area (Å²) in [5.74, 6) is -0.153. The Hall–Kier alpha value is -2.65. The summed E-state index contributed by atoms with van der Waals surface area (Å²) in [5, 5.41) is 4.72. The van der Waals surface area contributed by atoms with Gasteiger partial charge in [-0.25, -0.2) is 9.97 Å². The molecular weight excluding hydrogens is 346 g/mol. The minimum absolute atomic E-state index is 0.105. The van der Waals surface area contributed by atoms with E-state index in [9.17, 15) is 9.59 Å². The zero-order chi connectivity index (χ0) is 16.9. The number of nitrogens with two attached hydrogens (primary N) is 1. The molecule has 122 valence electrons. The molecule has 0 bridgehead atoms. The van der Waals surface area contributed by atoms with Crippen molar-refractivity contribution in [2.45, 2.75) is 10.4 Å². The van der Waals surface area contributed by atoms with Crippen LogP contribution in [0.4, 0.5) is 10.9 Å². The molecule has 0 radical (unpaired) electrons. The minimum Gasteiger partial charge on any atom is -0.383 e. The van der Waals surface area contributed by atoms with Gasteiger partial charge in [0.05, 0.1) is 0 Å². The first-order valence-corrected chi connectivity index (χ1v) is 8.66. The lowest BCUT2D eigenvalue weighted by Gasteiger charge is -2.15. The zero-order valence-corrected chi connectivity index (χ0v) is 13.9. The molecule has 0 saturated heterocycles. The van der Waals surface area contributed by atoms with Gasteiger partial charge in [0.1, 0.15) is 11.1 Å². The second kappa shape index (κ2) is 7.28. The fourth-order valence-electron chi connectivity index (χ4n) is 1.98. The van der Waals surface area contributed by atoms with E-state index in [1.165, 1.54) is 17.4 Å². The second-order valence-corrected chi connectivity index (χ2v) is 6.70. The average Bonchev–Trinajstić information content (AvgIpc) is 3.05. The van der Waals surface area contributed by atoms with E-state index < -0.39 is 5.25 Å².